The molecule has 6 heteroatoms. The van der Waals surface area contributed by atoms with Gasteiger partial charge in [0.2, 0.25) is 17.1 Å². The maximum absolute atomic E-state index is 10.0. The zero-order chi connectivity index (χ0) is 18.5. The number of ether oxygens (including phenoxy) is 2. The van der Waals surface area contributed by atoms with Crippen molar-refractivity contribution < 1.29 is 9.47 Å². The fourth-order valence-electron chi connectivity index (χ4n) is 4.20. The van der Waals surface area contributed by atoms with Gasteiger partial charge in [-0.15, -0.1) is 0 Å². The summed E-state index contributed by atoms with van der Waals surface area (Å²) in [6.07, 6.45) is -0.586. The highest BCUT2D eigenvalue weighted by Crippen LogP contribution is 2.67. The topological polar surface area (TPSA) is 114 Å². The van der Waals surface area contributed by atoms with Gasteiger partial charge in [-0.2, -0.15) is 15.8 Å². The maximum atomic E-state index is 10.0. The Morgan fingerprint density at radius 1 is 1.16 bits per heavy atom. The maximum Gasteiger partial charge on any atom is 0.217 e. The van der Waals surface area contributed by atoms with E-state index in [1.54, 1.807) is 19.1 Å². The lowest BCUT2D eigenvalue weighted by Crippen LogP contribution is -2.58. The molecule has 0 radical (unpaired) electrons. The van der Waals surface area contributed by atoms with Crippen molar-refractivity contribution in [2.45, 2.75) is 39.1 Å². The van der Waals surface area contributed by atoms with Crippen LogP contribution in [0.25, 0.3) is 0 Å². The van der Waals surface area contributed by atoms with Gasteiger partial charge < -0.3 is 9.47 Å². The van der Waals surface area contributed by atoms with Gasteiger partial charge in [0.05, 0.1) is 24.1 Å². The molecule has 4 unspecified atom stereocenters. The summed E-state index contributed by atoms with van der Waals surface area (Å²) in [6.45, 7) is 5.42. The van der Waals surface area contributed by atoms with Crippen LogP contribution in [0.3, 0.4) is 0 Å². The molecular formula is C19H18N4O2. The molecule has 1 aromatic carbocycles. The van der Waals surface area contributed by atoms with Gasteiger partial charge in [0.25, 0.3) is 0 Å². The Hall–Kier alpha value is -2.88. The molecule has 0 spiro atoms. The van der Waals surface area contributed by atoms with Gasteiger partial charge in [-0.1, -0.05) is 38.1 Å². The minimum Gasteiger partial charge on any atom is -0.447 e. The van der Waals surface area contributed by atoms with E-state index in [2.05, 4.69) is 6.07 Å². The van der Waals surface area contributed by atoms with Crippen molar-refractivity contribution in [1.82, 2.24) is 0 Å². The number of fused-ring (bicyclic) bond motifs is 2. The quantitative estimate of drug-likeness (QED) is 0.890. The summed E-state index contributed by atoms with van der Waals surface area (Å²) in [5, 5.41) is 38.4. The van der Waals surface area contributed by atoms with Crippen LogP contribution in [-0.2, 0) is 9.47 Å². The molecule has 2 aliphatic heterocycles. The molecule has 0 saturated carbocycles. The molecule has 2 heterocycles. The van der Waals surface area contributed by atoms with Gasteiger partial charge in [-0.05, 0) is 18.1 Å². The van der Waals surface area contributed by atoms with E-state index in [0.29, 0.717) is 12.0 Å². The van der Waals surface area contributed by atoms with Crippen molar-refractivity contribution in [3.63, 3.8) is 0 Å². The predicted molar refractivity (Wildman–Crippen MR) is 87.7 cm³/mol. The number of aryl methyl sites for hydroxylation is 1. The van der Waals surface area contributed by atoms with Crippen LogP contribution in [0, 0.1) is 63.1 Å². The third-order valence-electron chi connectivity index (χ3n) is 5.77. The summed E-state index contributed by atoms with van der Waals surface area (Å²) >= 11 is 0. The van der Waals surface area contributed by atoms with Gasteiger partial charge in [-0.25, -0.2) is 0 Å². The second-order valence-electron chi connectivity index (χ2n) is 6.62. The summed E-state index contributed by atoms with van der Waals surface area (Å²) in [6, 6.07) is 13.5. The Morgan fingerprint density at radius 2 is 1.80 bits per heavy atom. The molecule has 0 aliphatic carbocycles. The molecule has 126 valence electrons. The van der Waals surface area contributed by atoms with E-state index in [4.69, 9.17) is 14.9 Å². The average Bonchev–Trinajstić information content (AvgIpc) is 2.78. The summed E-state index contributed by atoms with van der Waals surface area (Å²) in [5.74, 6) is -2.18. The highest BCUT2D eigenvalue weighted by atomic mass is 16.7. The largest absolute Gasteiger partial charge is 0.447 e. The smallest absolute Gasteiger partial charge is 0.217 e. The van der Waals surface area contributed by atoms with E-state index in [1.165, 1.54) is 0 Å². The first-order valence-corrected chi connectivity index (χ1v) is 8.14. The number of hydrogen-bond acceptors (Lipinski definition) is 6. The molecule has 1 aromatic rings. The summed E-state index contributed by atoms with van der Waals surface area (Å²) < 4.78 is 11.9. The summed E-state index contributed by atoms with van der Waals surface area (Å²) in [4.78, 5) is 0. The minimum atomic E-state index is -1.88. The molecular weight excluding hydrogens is 316 g/mol. The molecule has 2 fully saturated rings. The van der Waals surface area contributed by atoms with Crippen LogP contribution in [0.2, 0.25) is 0 Å². The van der Waals surface area contributed by atoms with Crippen LogP contribution in [0.1, 0.15) is 37.5 Å². The number of nitrogens with zero attached hydrogens (tertiary/aromatic N) is 3. The van der Waals surface area contributed by atoms with E-state index < -0.39 is 28.6 Å². The third-order valence-corrected chi connectivity index (χ3v) is 5.77. The SMILES string of the molecule is CCC12OC(=N)C(C#N)(C1C)C(C#N)(C#N)C(c1ccccc1C)O2. The summed E-state index contributed by atoms with van der Waals surface area (Å²) in [5.41, 5.74) is -2.05. The van der Waals surface area contributed by atoms with Crippen LogP contribution < -0.4 is 0 Å². The first kappa shape index (κ1) is 17.0. The van der Waals surface area contributed by atoms with Crippen LogP contribution in [-0.4, -0.2) is 11.7 Å². The average molecular weight is 334 g/mol. The zero-order valence-corrected chi connectivity index (χ0v) is 14.3. The zero-order valence-electron chi connectivity index (χ0n) is 14.3. The highest BCUT2D eigenvalue weighted by molar-refractivity contribution is 5.89. The molecule has 2 aliphatic rings. The van der Waals surface area contributed by atoms with Crippen LogP contribution >= 0.6 is 0 Å². The van der Waals surface area contributed by atoms with Crippen molar-refractivity contribution >= 4 is 5.90 Å². The molecule has 25 heavy (non-hydrogen) atoms. The van der Waals surface area contributed by atoms with Gasteiger partial charge in [-0.3, -0.25) is 5.41 Å². The van der Waals surface area contributed by atoms with Gasteiger partial charge in [0.1, 0.15) is 6.10 Å². The standard InChI is InChI=1S/C19H18N4O2/c1-4-19-13(3)18(11-22,16(23)25-19)17(9-20,10-21)15(24-19)14-8-6-5-7-12(14)2/h5-8,13,15,23H,4H2,1-3H3. The third kappa shape index (κ3) is 1.71. The van der Waals surface area contributed by atoms with E-state index in [0.717, 1.165) is 5.56 Å². The Bertz CT molecular complexity index is 861. The molecule has 6 nitrogen and oxygen atoms in total. The van der Waals surface area contributed by atoms with Crippen molar-refractivity contribution in [2.24, 2.45) is 16.7 Å². The Kier molecular flexibility index (Phi) is 3.60. The number of nitrogens with one attached hydrogen (secondary N) is 1. The molecule has 4 atom stereocenters. The second-order valence-corrected chi connectivity index (χ2v) is 6.62. The molecule has 0 aromatic heterocycles. The van der Waals surface area contributed by atoms with E-state index in [1.807, 2.05) is 38.1 Å². The lowest BCUT2D eigenvalue weighted by molar-refractivity contribution is -0.280. The van der Waals surface area contributed by atoms with Crippen LogP contribution in [0.15, 0.2) is 24.3 Å². The lowest BCUT2D eigenvalue weighted by Gasteiger charge is -2.48. The second kappa shape index (κ2) is 5.31. The number of hydrogen-bond donors (Lipinski definition) is 1. The normalized spacial score (nSPS) is 35.1. The van der Waals surface area contributed by atoms with Crippen molar-refractivity contribution in [2.75, 3.05) is 0 Å². The van der Waals surface area contributed by atoms with Gasteiger partial charge >= 0.3 is 0 Å². The first-order chi connectivity index (χ1) is 11.9. The Balaban J connectivity index is 2.37. The minimum absolute atomic E-state index is 0.358. The number of benzene rings is 1. The molecule has 3 rings (SSSR count). The van der Waals surface area contributed by atoms with E-state index >= 15 is 0 Å². The fourth-order valence-corrected chi connectivity index (χ4v) is 4.20. The van der Waals surface area contributed by atoms with E-state index in [9.17, 15) is 15.8 Å². The highest BCUT2D eigenvalue weighted by Gasteiger charge is 2.78. The Labute approximate surface area is 146 Å². The Morgan fingerprint density at radius 3 is 2.32 bits per heavy atom. The summed E-state index contributed by atoms with van der Waals surface area (Å²) in [7, 11) is 0. The molecule has 2 bridgehead atoms. The number of rotatable bonds is 2. The van der Waals surface area contributed by atoms with Crippen molar-refractivity contribution in [3.8, 4) is 18.2 Å². The van der Waals surface area contributed by atoms with Crippen LogP contribution in [0.5, 0.6) is 0 Å². The van der Waals surface area contributed by atoms with Gasteiger partial charge in [0, 0.05) is 6.42 Å². The van der Waals surface area contributed by atoms with Crippen molar-refractivity contribution in [1.29, 1.82) is 21.2 Å². The van der Waals surface area contributed by atoms with Crippen molar-refractivity contribution in [3.05, 3.63) is 35.4 Å². The predicted octanol–water partition coefficient (Wildman–Crippen LogP) is 3.36. The molecule has 0 amide bonds. The monoisotopic (exact) mass is 334 g/mol. The van der Waals surface area contributed by atoms with Crippen LogP contribution in [0.4, 0.5) is 0 Å². The fraction of sp³-hybridized carbons (Fsp3) is 0.474. The molecule has 2 saturated heterocycles. The lowest BCUT2D eigenvalue weighted by atomic mass is 9.53. The van der Waals surface area contributed by atoms with E-state index in [-0.39, 0.29) is 5.90 Å². The van der Waals surface area contributed by atoms with Gasteiger partial charge in [0.15, 0.2) is 5.41 Å². The number of nitriles is 3. The first-order valence-electron chi connectivity index (χ1n) is 8.14. The molecule has 1 N–H and O–H groups in total.